The normalized spacial score (nSPS) is 21.6. The number of ketones is 1. The molecule has 0 N–H and O–H groups in total. The van der Waals surface area contributed by atoms with Gasteiger partial charge in [0.2, 0.25) is 15.6 Å². The maximum atomic E-state index is 12.7. The van der Waals surface area contributed by atoms with Gasteiger partial charge in [0.1, 0.15) is 11.0 Å². The number of benzene rings is 2. The predicted molar refractivity (Wildman–Crippen MR) is 116 cm³/mol. The highest BCUT2D eigenvalue weighted by Gasteiger charge is 2.40. The molecule has 2 heterocycles. The van der Waals surface area contributed by atoms with Gasteiger partial charge in [-0.15, -0.1) is 0 Å². The molecule has 0 radical (unpaired) electrons. The standard InChI is InChI=1S/C24H20N2O3S/c1-24(2)18-11-5-6-12-19(18)26(3)23(24)16(15-25)9-8-14-21-22(27)17-10-4-7-13-20(17)30(21,28)29/h4-14H,1-3H3. The quantitative estimate of drug-likeness (QED) is 0.539. The van der Waals surface area contributed by atoms with Crippen LogP contribution in [-0.4, -0.2) is 21.2 Å². The van der Waals surface area contributed by atoms with Crippen molar-refractivity contribution in [2.24, 2.45) is 0 Å². The molecule has 0 amide bonds. The SMILES string of the molecule is CN1C(=C(C#N)C=CC=C2C(=O)c3ccccc3S2(=O)=O)C(C)(C)c2ccccc21. The highest BCUT2D eigenvalue weighted by atomic mass is 32.2. The molecule has 30 heavy (non-hydrogen) atoms. The van der Waals surface area contributed by atoms with Gasteiger partial charge < -0.3 is 4.90 Å². The third-order valence-electron chi connectivity index (χ3n) is 5.69. The number of nitriles is 1. The van der Waals surface area contributed by atoms with Crippen LogP contribution in [0.5, 0.6) is 0 Å². The Hall–Kier alpha value is -3.43. The number of carbonyl (C=O) groups excluding carboxylic acids is 1. The molecule has 0 fully saturated rings. The number of sulfone groups is 1. The van der Waals surface area contributed by atoms with Crippen molar-refractivity contribution < 1.29 is 13.2 Å². The van der Waals surface area contributed by atoms with Crippen LogP contribution in [0.2, 0.25) is 0 Å². The lowest BCUT2D eigenvalue weighted by atomic mass is 9.82. The zero-order chi connectivity index (χ0) is 21.7. The molecule has 2 aromatic carbocycles. The molecule has 6 heteroatoms. The Balaban J connectivity index is 1.76. The number of carbonyl (C=O) groups is 1. The van der Waals surface area contributed by atoms with Crippen molar-refractivity contribution in [3.8, 4) is 6.07 Å². The smallest absolute Gasteiger partial charge is 0.211 e. The average molecular weight is 417 g/mol. The molecule has 2 aromatic rings. The van der Waals surface area contributed by atoms with Crippen molar-refractivity contribution in [2.75, 3.05) is 11.9 Å². The van der Waals surface area contributed by atoms with Gasteiger partial charge in [0.05, 0.1) is 10.5 Å². The van der Waals surface area contributed by atoms with E-state index >= 15 is 0 Å². The topological polar surface area (TPSA) is 78.2 Å². The summed E-state index contributed by atoms with van der Waals surface area (Å²) in [5, 5.41) is 9.81. The van der Waals surface area contributed by atoms with Crippen LogP contribution >= 0.6 is 0 Å². The average Bonchev–Trinajstić information content (AvgIpc) is 3.05. The molecule has 0 saturated carbocycles. The van der Waals surface area contributed by atoms with Gasteiger partial charge in [-0.3, -0.25) is 4.79 Å². The maximum absolute atomic E-state index is 12.7. The molecule has 4 rings (SSSR count). The second-order valence-electron chi connectivity index (χ2n) is 7.79. The van der Waals surface area contributed by atoms with Gasteiger partial charge in [-0.25, -0.2) is 8.42 Å². The number of hydrogen-bond donors (Lipinski definition) is 0. The van der Waals surface area contributed by atoms with Gasteiger partial charge in [-0.1, -0.05) is 50.3 Å². The van der Waals surface area contributed by atoms with Crippen molar-refractivity contribution in [3.63, 3.8) is 0 Å². The fourth-order valence-corrected chi connectivity index (χ4v) is 5.86. The third kappa shape index (κ3) is 2.74. The number of rotatable bonds is 2. The lowest BCUT2D eigenvalue weighted by Gasteiger charge is -2.25. The number of likely N-dealkylation sites (N-methyl/N-ethyl adjacent to an activating group) is 1. The monoisotopic (exact) mass is 416 g/mol. The number of para-hydroxylation sites is 1. The number of allylic oxidation sites excluding steroid dienone is 6. The molecular weight excluding hydrogens is 396 g/mol. The van der Waals surface area contributed by atoms with E-state index in [4.69, 9.17) is 0 Å². The molecule has 0 aliphatic carbocycles. The minimum atomic E-state index is -3.85. The molecule has 150 valence electrons. The molecule has 2 aliphatic heterocycles. The lowest BCUT2D eigenvalue weighted by molar-refractivity contribution is 0.104. The third-order valence-corrected chi connectivity index (χ3v) is 7.52. The molecular formula is C24H20N2O3S. The Bertz CT molecular complexity index is 1320. The van der Waals surface area contributed by atoms with Crippen LogP contribution in [0, 0.1) is 11.3 Å². The predicted octanol–water partition coefficient (Wildman–Crippen LogP) is 4.30. The molecule has 0 saturated heterocycles. The van der Waals surface area contributed by atoms with Gasteiger partial charge >= 0.3 is 0 Å². The fourth-order valence-electron chi connectivity index (χ4n) is 4.31. The van der Waals surface area contributed by atoms with Crippen molar-refractivity contribution >= 4 is 21.3 Å². The molecule has 0 aromatic heterocycles. The second-order valence-corrected chi connectivity index (χ2v) is 9.68. The van der Waals surface area contributed by atoms with Crippen LogP contribution in [0.3, 0.4) is 0 Å². The first-order valence-electron chi connectivity index (χ1n) is 9.46. The van der Waals surface area contributed by atoms with E-state index in [1.807, 2.05) is 36.2 Å². The fraction of sp³-hybridized carbons (Fsp3) is 0.167. The summed E-state index contributed by atoms with van der Waals surface area (Å²) in [6, 6.07) is 16.4. The summed E-state index contributed by atoms with van der Waals surface area (Å²) in [4.78, 5) is 14.3. The van der Waals surface area contributed by atoms with Gasteiger partial charge in [0.25, 0.3) is 0 Å². The summed E-state index contributed by atoms with van der Waals surface area (Å²) in [5.41, 5.74) is 3.18. The van der Waals surface area contributed by atoms with Crippen molar-refractivity contribution in [1.29, 1.82) is 5.26 Å². The zero-order valence-corrected chi connectivity index (χ0v) is 17.7. The van der Waals surface area contributed by atoms with E-state index in [0.29, 0.717) is 5.57 Å². The molecule has 0 unspecified atom stereocenters. The molecule has 0 spiro atoms. The van der Waals surface area contributed by atoms with Crippen LogP contribution in [-0.2, 0) is 15.3 Å². The van der Waals surface area contributed by atoms with Crippen LogP contribution in [0.15, 0.2) is 87.8 Å². The summed E-state index contributed by atoms with van der Waals surface area (Å²) < 4.78 is 25.4. The second kappa shape index (κ2) is 6.82. The molecule has 0 bridgehead atoms. The van der Waals surface area contributed by atoms with Crippen molar-refractivity contribution in [3.05, 3.63) is 94.1 Å². The Morgan fingerprint density at radius 1 is 1.10 bits per heavy atom. The van der Waals surface area contributed by atoms with E-state index in [9.17, 15) is 18.5 Å². The number of hydrogen-bond acceptors (Lipinski definition) is 5. The van der Waals surface area contributed by atoms with Crippen LogP contribution in [0.4, 0.5) is 5.69 Å². The van der Waals surface area contributed by atoms with E-state index in [1.54, 1.807) is 18.2 Å². The minimum absolute atomic E-state index is 0.0284. The summed E-state index contributed by atoms with van der Waals surface area (Å²) in [6.45, 7) is 4.10. The first-order valence-corrected chi connectivity index (χ1v) is 10.9. The van der Waals surface area contributed by atoms with Gasteiger partial charge in [0, 0.05) is 29.4 Å². The van der Waals surface area contributed by atoms with E-state index in [1.165, 1.54) is 24.3 Å². The van der Waals surface area contributed by atoms with Crippen molar-refractivity contribution in [2.45, 2.75) is 24.2 Å². The van der Waals surface area contributed by atoms with E-state index in [2.05, 4.69) is 19.9 Å². The van der Waals surface area contributed by atoms with E-state index in [-0.39, 0.29) is 20.8 Å². The summed E-state index contributed by atoms with van der Waals surface area (Å²) in [6.07, 6.45) is 4.32. The summed E-state index contributed by atoms with van der Waals surface area (Å²) >= 11 is 0. The number of anilines is 1. The Morgan fingerprint density at radius 3 is 2.43 bits per heavy atom. The maximum Gasteiger partial charge on any atom is 0.211 e. The Kier molecular flexibility index (Phi) is 4.52. The molecule has 0 atom stereocenters. The highest BCUT2D eigenvalue weighted by Crippen LogP contribution is 2.48. The summed E-state index contributed by atoms with van der Waals surface area (Å²) in [7, 11) is -1.93. The van der Waals surface area contributed by atoms with Crippen LogP contribution in [0.25, 0.3) is 0 Å². The lowest BCUT2D eigenvalue weighted by Crippen LogP contribution is -2.24. The molecule has 2 aliphatic rings. The largest absolute Gasteiger partial charge is 0.346 e. The minimum Gasteiger partial charge on any atom is -0.346 e. The van der Waals surface area contributed by atoms with Crippen LogP contribution in [0.1, 0.15) is 29.8 Å². The Labute approximate surface area is 176 Å². The number of nitrogens with zero attached hydrogens (tertiary/aromatic N) is 2. The zero-order valence-electron chi connectivity index (χ0n) is 16.9. The number of Topliss-reactive ketones (excluding diaryl/α,β-unsaturated/α-hetero) is 1. The number of fused-ring (bicyclic) bond motifs is 2. The van der Waals surface area contributed by atoms with E-state index < -0.39 is 15.6 Å². The van der Waals surface area contributed by atoms with Gasteiger partial charge in [-0.05, 0) is 35.9 Å². The van der Waals surface area contributed by atoms with Gasteiger partial charge in [-0.2, -0.15) is 5.26 Å². The van der Waals surface area contributed by atoms with Crippen LogP contribution < -0.4 is 4.90 Å². The Morgan fingerprint density at radius 2 is 1.77 bits per heavy atom. The molecule has 5 nitrogen and oxygen atoms in total. The van der Waals surface area contributed by atoms with Crippen molar-refractivity contribution in [1.82, 2.24) is 0 Å². The summed E-state index contributed by atoms with van der Waals surface area (Å²) in [5.74, 6) is -0.521. The van der Waals surface area contributed by atoms with E-state index in [0.717, 1.165) is 16.9 Å². The first kappa shape index (κ1) is 19.9. The van der Waals surface area contributed by atoms with Gasteiger partial charge in [0.15, 0.2) is 0 Å². The highest BCUT2D eigenvalue weighted by molar-refractivity contribution is 7.97. The first-order chi connectivity index (χ1) is 14.2.